The van der Waals surface area contributed by atoms with Crippen molar-refractivity contribution >= 4 is 21.6 Å². The number of hydrogen-bond donors (Lipinski definition) is 1. The molecule has 2 nitrogen and oxygen atoms in total. The van der Waals surface area contributed by atoms with Gasteiger partial charge in [-0.05, 0) is 55.0 Å². The Bertz CT molecular complexity index is 471. The van der Waals surface area contributed by atoms with Crippen molar-refractivity contribution < 1.29 is 0 Å². The molecule has 3 heteroatoms. The molecule has 1 fully saturated rings. The van der Waals surface area contributed by atoms with Crippen LogP contribution in [0, 0.1) is 0 Å². The second-order valence-electron chi connectivity index (χ2n) is 4.55. The third-order valence-electron chi connectivity index (χ3n) is 3.31. The molecule has 1 aliphatic heterocycles. The summed E-state index contributed by atoms with van der Waals surface area (Å²) in [5.74, 6) is 0. The normalized spacial score (nSPS) is 21.4. The highest BCUT2D eigenvalue weighted by molar-refractivity contribution is 7.13. The Labute approximate surface area is 99.8 Å². The molecule has 1 atom stereocenters. The number of nitrogens with one attached hydrogen (secondary N) is 1. The van der Waals surface area contributed by atoms with Gasteiger partial charge >= 0.3 is 0 Å². The average Bonchev–Trinajstić information content (AvgIpc) is 2.77. The van der Waals surface area contributed by atoms with Crippen molar-refractivity contribution in [2.75, 3.05) is 6.54 Å². The van der Waals surface area contributed by atoms with Crippen LogP contribution < -0.4 is 5.32 Å². The van der Waals surface area contributed by atoms with Crippen molar-refractivity contribution in [2.24, 2.45) is 0 Å². The fraction of sp³-hybridized carbons (Fsp3) is 0.462. The fourth-order valence-corrected chi connectivity index (χ4v) is 3.06. The van der Waals surface area contributed by atoms with Gasteiger partial charge < -0.3 is 5.32 Å². The lowest BCUT2D eigenvalue weighted by atomic mass is 9.97. The van der Waals surface area contributed by atoms with Crippen molar-refractivity contribution in [3.8, 4) is 0 Å². The zero-order valence-electron chi connectivity index (χ0n) is 9.28. The van der Waals surface area contributed by atoms with Crippen LogP contribution in [0.2, 0.25) is 0 Å². The SMILES string of the molecule is c1cc2sncc2cc1CC1CCCCN1. The highest BCUT2D eigenvalue weighted by Crippen LogP contribution is 2.21. The lowest BCUT2D eigenvalue weighted by Crippen LogP contribution is -2.35. The third-order valence-corrected chi connectivity index (χ3v) is 4.09. The van der Waals surface area contributed by atoms with E-state index in [1.807, 2.05) is 6.20 Å². The van der Waals surface area contributed by atoms with Gasteiger partial charge in [0.15, 0.2) is 0 Å². The number of aromatic nitrogens is 1. The van der Waals surface area contributed by atoms with Gasteiger partial charge in [0.05, 0.1) is 4.70 Å². The van der Waals surface area contributed by atoms with E-state index in [4.69, 9.17) is 0 Å². The molecule has 0 bridgehead atoms. The molecule has 1 aliphatic rings. The Morgan fingerprint density at radius 1 is 1.38 bits per heavy atom. The number of hydrogen-bond acceptors (Lipinski definition) is 3. The minimum atomic E-state index is 0.679. The summed E-state index contributed by atoms with van der Waals surface area (Å²) in [7, 11) is 0. The monoisotopic (exact) mass is 232 g/mol. The summed E-state index contributed by atoms with van der Waals surface area (Å²) >= 11 is 1.58. The zero-order chi connectivity index (χ0) is 10.8. The molecule has 2 aromatic rings. The predicted octanol–water partition coefficient (Wildman–Crippen LogP) is 2.98. The smallest absolute Gasteiger partial charge is 0.0550 e. The molecule has 0 saturated carbocycles. The Kier molecular flexibility index (Phi) is 2.89. The highest BCUT2D eigenvalue weighted by Gasteiger charge is 2.13. The maximum Gasteiger partial charge on any atom is 0.0550 e. The summed E-state index contributed by atoms with van der Waals surface area (Å²) < 4.78 is 5.51. The Hall–Kier alpha value is -0.930. The average molecular weight is 232 g/mol. The van der Waals surface area contributed by atoms with Crippen LogP contribution in [0.25, 0.3) is 10.1 Å². The van der Waals surface area contributed by atoms with Crippen molar-refractivity contribution in [2.45, 2.75) is 31.7 Å². The molecule has 84 valence electrons. The van der Waals surface area contributed by atoms with Crippen LogP contribution in [0.15, 0.2) is 24.4 Å². The molecule has 0 amide bonds. The van der Waals surface area contributed by atoms with E-state index in [-0.39, 0.29) is 0 Å². The van der Waals surface area contributed by atoms with Crippen molar-refractivity contribution in [1.29, 1.82) is 0 Å². The van der Waals surface area contributed by atoms with Crippen LogP contribution in [0.1, 0.15) is 24.8 Å². The molecular weight excluding hydrogens is 216 g/mol. The molecule has 16 heavy (non-hydrogen) atoms. The van der Waals surface area contributed by atoms with E-state index in [2.05, 4.69) is 27.9 Å². The molecule has 2 heterocycles. The van der Waals surface area contributed by atoms with Crippen molar-refractivity contribution in [3.63, 3.8) is 0 Å². The number of rotatable bonds is 2. The second kappa shape index (κ2) is 4.52. The molecule has 1 saturated heterocycles. The highest BCUT2D eigenvalue weighted by atomic mass is 32.1. The summed E-state index contributed by atoms with van der Waals surface area (Å²) in [4.78, 5) is 0. The summed E-state index contributed by atoms with van der Waals surface area (Å²) in [5, 5.41) is 4.89. The molecule has 1 N–H and O–H groups in total. The minimum Gasteiger partial charge on any atom is -0.314 e. The van der Waals surface area contributed by atoms with Gasteiger partial charge in [0.2, 0.25) is 0 Å². The van der Waals surface area contributed by atoms with Crippen molar-refractivity contribution in [1.82, 2.24) is 9.69 Å². The number of fused-ring (bicyclic) bond motifs is 1. The van der Waals surface area contributed by atoms with Crippen LogP contribution in [-0.2, 0) is 6.42 Å². The first-order valence-electron chi connectivity index (χ1n) is 5.98. The van der Waals surface area contributed by atoms with Gasteiger partial charge in [-0.1, -0.05) is 12.5 Å². The molecule has 0 aliphatic carbocycles. The molecule has 1 aromatic heterocycles. The van der Waals surface area contributed by atoms with Crippen LogP contribution >= 0.6 is 11.5 Å². The zero-order valence-corrected chi connectivity index (χ0v) is 10.1. The summed E-state index contributed by atoms with van der Waals surface area (Å²) in [6, 6.07) is 7.41. The maximum absolute atomic E-state index is 4.22. The number of benzene rings is 1. The Morgan fingerprint density at radius 2 is 2.38 bits per heavy atom. The van der Waals surface area contributed by atoms with E-state index < -0.39 is 0 Å². The Morgan fingerprint density at radius 3 is 3.25 bits per heavy atom. The topological polar surface area (TPSA) is 24.9 Å². The molecule has 1 unspecified atom stereocenters. The van der Waals surface area contributed by atoms with Crippen LogP contribution in [-0.4, -0.2) is 17.0 Å². The second-order valence-corrected chi connectivity index (χ2v) is 5.38. The first-order chi connectivity index (χ1) is 7.92. The van der Waals surface area contributed by atoms with Gasteiger partial charge in [-0.2, -0.15) is 4.37 Å². The lowest BCUT2D eigenvalue weighted by molar-refractivity contribution is 0.399. The fourth-order valence-electron chi connectivity index (χ4n) is 2.43. The van der Waals surface area contributed by atoms with Gasteiger partial charge in [0.25, 0.3) is 0 Å². The summed E-state index contributed by atoms with van der Waals surface area (Å²) in [6.45, 7) is 1.19. The quantitative estimate of drug-likeness (QED) is 0.861. The number of piperidine rings is 1. The van der Waals surface area contributed by atoms with E-state index in [9.17, 15) is 0 Å². The molecular formula is C13H16N2S. The standard InChI is InChI=1S/C13H16N2S/c1-2-6-14-12(3-1)8-10-4-5-13-11(7-10)9-15-16-13/h4-5,7,9,12,14H,1-3,6,8H2. The van der Waals surface area contributed by atoms with Crippen molar-refractivity contribution in [3.05, 3.63) is 30.0 Å². The minimum absolute atomic E-state index is 0.679. The van der Waals surface area contributed by atoms with E-state index in [1.54, 1.807) is 11.5 Å². The van der Waals surface area contributed by atoms with E-state index >= 15 is 0 Å². The first-order valence-corrected chi connectivity index (χ1v) is 6.76. The van der Waals surface area contributed by atoms with E-state index in [1.165, 1.54) is 41.5 Å². The summed E-state index contributed by atoms with van der Waals surface area (Å²) in [6.07, 6.45) is 7.16. The third kappa shape index (κ3) is 2.11. The van der Waals surface area contributed by atoms with E-state index in [0.717, 1.165) is 6.42 Å². The van der Waals surface area contributed by atoms with Crippen LogP contribution in [0.3, 0.4) is 0 Å². The Balaban J connectivity index is 1.77. The van der Waals surface area contributed by atoms with E-state index in [0.29, 0.717) is 6.04 Å². The molecule has 0 radical (unpaired) electrons. The number of nitrogens with zero attached hydrogens (tertiary/aromatic N) is 1. The molecule has 1 aromatic carbocycles. The van der Waals surface area contributed by atoms with Crippen LogP contribution in [0.4, 0.5) is 0 Å². The van der Waals surface area contributed by atoms with Gasteiger partial charge in [0.1, 0.15) is 0 Å². The predicted molar refractivity (Wildman–Crippen MR) is 69.0 cm³/mol. The molecule has 0 spiro atoms. The molecule has 3 rings (SSSR count). The summed E-state index contributed by atoms with van der Waals surface area (Å²) in [5.41, 5.74) is 1.44. The van der Waals surface area contributed by atoms with Crippen LogP contribution in [0.5, 0.6) is 0 Å². The van der Waals surface area contributed by atoms with Gasteiger partial charge in [-0.3, -0.25) is 0 Å². The maximum atomic E-state index is 4.22. The first kappa shape index (κ1) is 10.2. The lowest BCUT2D eigenvalue weighted by Gasteiger charge is -2.23. The van der Waals surface area contributed by atoms with Gasteiger partial charge in [-0.25, -0.2) is 0 Å². The van der Waals surface area contributed by atoms with Gasteiger partial charge in [-0.15, -0.1) is 0 Å². The van der Waals surface area contributed by atoms with Gasteiger partial charge in [0, 0.05) is 17.6 Å². The largest absolute Gasteiger partial charge is 0.314 e.